The zero-order chi connectivity index (χ0) is 32.4. The van der Waals surface area contributed by atoms with Gasteiger partial charge >= 0.3 is 0 Å². The van der Waals surface area contributed by atoms with Crippen LogP contribution in [0.5, 0.6) is 0 Å². The number of hydrogen-bond donors (Lipinski definition) is 1. The zero-order valence-electron chi connectivity index (χ0n) is 28.3. The van der Waals surface area contributed by atoms with Gasteiger partial charge in [0.25, 0.3) is 5.56 Å². The first-order valence-corrected chi connectivity index (χ1v) is 16.9. The number of H-pyrrole nitrogens is 1. The van der Waals surface area contributed by atoms with Crippen LogP contribution in [0.15, 0.2) is 64.5 Å². The van der Waals surface area contributed by atoms with Crippen molar-refractivity contribution in [1.29, 1.82) is 0 Å². The number of rotatable bonds is 13. The number of Topliss-reactive ketones (excluding diaryl/α,β-unsaturated/α-hetero) is 1. The summed E-state index contributed by atoms with van der Waals surface area (Å²) in [6.07, 6.45) is 19.6. The lowest BCUT2D eigenvalue weighted by Crippen LogP contribution is -2.34. The molecule has 1 aliphatic carbocycles. The number of carbonyl (C=O) groups excluding carboxylic acids is 1. The minimum Gasteiger partial charge on any atom is -0.378 e. The highest BCUT2D eigenvalue weighted by atomic mass is 32.1. The maximum Gasteiger partial charge on any atom is 0.258 e. The Morgan fingerprint density at radius 2 is 1.88 bits per heavy atom. The van der Waals surface area contributed by atoms with Gasteiger partial charge in [0.15, 0.2) is 5.78 Å². The summed E-state index contributed by atoms with van der Waals surface area (Å²) in [6, 6.07) is 1.61. The zero-order valence-corrected chi connectivity index (χ0v) is 29.1. The topological polar surface area (TPSA) is 72.0 Å². The van der Waals surface area contributed by atoms with Crippen LogP contribution in [-0.2, 0) is 4.74 Å². The summed E-state index contributed by atoms with van der Waals surface area (Å²) in [6.45, 7) is 23.4. The molecule has 1 saturated carbocycles. The molecule has 0 aromatic carbocycles. The first-order valence-electron chi connectivity index (χ1n) is 16.0. The van der Waals surface area contributed by atoms with Crippen molar-refractivity contribution in [3.05, 3.63) is 81.3 Å². The van der Waals surface area contributed by atoms with Gasteiger partial charge in [0.2, 0.25) is 0 Å². The molecule has 3 rings (SSSR count). The quantitative estimate of drug-likeness (QED) is 0.181. The van der Waals surface area contributed by atoms with Crippen LogP contribution in [0.2, 0.25) is 0 Å². The van der Waals surface area contributed by atoms with E-state index >= 15 is 0 Å². The van der Waals surface area contributed by atoms with E-state index in [-0.39, 0.29) is 11.3 Å². The van der Waals surface area contributed by atoms with Gasteiger partial charge in [-0.15, -0.1) is 11.3 Å². The summed E-state index contributed by atoms with van der Waals surface area (Å²) in [5.74, 6) is -0.0987. The molecule has 1 fully saturated rings. The molecule has 1 aliphatic rings. The smallest absolute Gasteiger partial charge is 0.258 e. The summed E-state index contributed by atoms with van der Waals surface area (Å²) in [4.78, 5) is 31.3. The molecule has 0 amide bonds. The van der Waals surface area contributed by atoms with Gasteiger partial charge in [0.1, 0.15) is 5.01 Å². The Morgan fingerprint density at radius 1 is 1.21 bits per heavy atom. The van der Waals surface area contributed by atoms with Crippen molar-refractivity contribution in [3.63, 3.8) is 0 Å². The number of nitrogens with zero attached hydrogens (tertiary/aromatic N) is 1. The summed E-state index contributed by atoms with van der Waals surface area (Å²) >= 11 is 1.40. The van der Waals surface area contributed by atoms with E-state index in [9.17, 15) is 9.59 Å². The molecule has 0 saturated heterocycles. The third-order valence-corrected chi connectivity index (χ3v) is 8.67. The largest absolute Gasteiger partial charge is 0.378 e. The highest BCUT2D eigenvalue weighted by Crippen LogP contribution is 2.44. The van der Waals surface area contributed by atoms with Crippen LogP contribution in [-0.4, -0.2) is 28.5 Å². The number of pyridine rings is 1. The molecule has 1 N–H and O–H groups in total. The summed E-state index contributed by atoms with van der Waals surface area (Å²) in [5, 5.41) is 2.55. The number of hydrogen-bond acceptors (Lipinski definition) is 5. The molecule has 1 atom stereocenters. The fourth-order valence-corrected chi connectivity index (χ4v) is 5.49. The van der Waals surface area contributed by atoms with Crippen molar-refractivity contribution in [2.45, 2.75) is 120 Å². The number of allylic oxidation sites excluding steroid dienone is 7. The molecule has 2 aromatic rings. The SMILES string of the molecule is C=C\C=C/C(=C(\C)CCC)C(=C\C)/c1csc(-c2cc(C(C)=O)c[nH]c2=O)n1.CCC.CCC(C)OCC1(CC)CCC1. The van der Waals surface area contributed by atoms with Gasteiger partial charge in [-0.1, -0.05) is 90.3 Å². The molecule has 0 radical (unpaired) electrons. The number of aromatic nitrogens is 2. The number of nitrogens with one attached hydrogen (secondary N) is 1. The lowest BCUT2D eigenvalue weighted by atomic mass is 9.68. The second kappa shape index (κ2) is 20.2. The van der Waals surface area contributed by atoms with Gasteiger partial charge in [-0.2, -0.15) is 0 Å². The van der Waals surface area contributed by atoms with Crippen LogP contribution >= 0.6 is 11.3 Å². The lowest BCUT2D eigenvalue weighted by molar-refractivity contribution is -0.0413. The molecule has 1 unspecified atom stereocenters. The molecular formula is C37H56N2O3S. The van der Waals surface area contributed by atoms with Crippen LogP contribution in [0, 0.1) is 5.41 Å². The molecule has 6 heteroatoms. The Hall–Kier alpha value is -2.83. The summed E-state index contributed by atoms with van der Waals surface area (Å²) in [7, 11) is 0. The van der Waals surface area contributed by atoms with Gasteiger partial charge in [-0.05, 0) is 76.9 Å². The molecule has 2 aromatic heterocycles. The highest BCUT2D eigenvalue weighted by molar-refractivity contribution is 7.13. The number of carbonyl (C=O) groups is 1. The van der Waals surface area contributed by atoms with Crippen molar-refractivity contribution in [1.82, 2.24) is 9.97 Å². The van der Waals surface area contributed by atoms with Gasteiger partial charge in [0.05, 0.1) is 24.0 Å². The molecule has 2 heterocycles. The average Bonchev–Trinajstić information content (AvgIpc) is 3.45. The molecule has 238 valence electrons. The van der Waals surface area contributed by atoms with Crippen LogP contribution in [0.25, 0.3) is 16.1 Å². The predicted molar refractivity (Wildman–Crippen MR) is 187 cm³/mol. The van der Waals surface area contributed by atoms with Gasteiger partial charge in [0, 0.05) is 22.7 Å². The van der Waals surface area contributed by atoms with Crippen LogP contribution in [0.4, 0.5) is 0 Å². The molecule has 0 aliphatic heterocycles. The Kier molecular flexibility index (Phi) is 17.9. The Labute approximate surface area is 265 Å². The second-order valence-electron chi connectivity index (χ2n) is 11.4. The fourth-order valence-electron chi connectivity index (χ4n) is 4.66. The third kappa shape index (κ3) is 12.0. The van der Waals surface area contributed by atoms with Crippen molar-refractivity contribution < 1.29 is 9.53 Å². The molecular weight excluding hydrogens is 552 g/mol. The third-order valence-electron chi connectivity index (χ3n) is 7.80. The maximum absolute atomic E-state index is 12.3. The Bertz CT molecular complexity index is 1290. The number of aromatic amines is 1. The Balaban J connectivity index is 0.000000510. The normalized spacial score (nSPS) is 15.3. The van der Waals surface area contributed by atoms with Gasteiger partial charge in [-0.25, -0.2) is 4.98 Å². The summed E-state index contributed by atoms with van der Waals surface area (Å²) < 4.78 is 5.79. The molecule has 0 spiro atoms. The van der Waals surface area contributed by atoms with E-state index in [1.165, 1.54) is 62.1 Å². The van der Waals surface area contributed by atoms with Crippen LogP contribution < -0.4 is 5.56 Å². The predicted octanol–water partition coefficient (Wildman–Crippen LogP) is 10.8. The van der Waals surface area contributed by atoms with Gasteiger partial charge in [-0.3, -0.25) is 9.59 Å². The second-order valence-corrected chi connectivity index (χ2v) is 12.3. The van der Waals surface area contributed by atoms with Crippen molar-refractivity contribution >= 4 is 22.7 Å². The minimum atomic E-state index is -0.252. The average molecular weight is 609 g/mol. The van der Waals surface area contributed by atoms with Gasteiger partial charge < -0.3 is 9.72 Å². The van der Waals surface area contributed by atoms with E-state index < -0.39 is 0 Å². The first kappa shape index (κ1) is 38.2. The van der Waals surface area contributed by atoms with Crippen molar-refractivity contribution in [2.75, 3.05) is 6.61 Å². The van der Waals surface area contributed by atoms with Crippen LogP contribution in [0.3, 0.4) is 0 Å². The van der Waals surface area contributed by atoms with Crippen molar-refractivity contribution in [3.8, 4) is 10.6 Å². The minimum absolute atomic E-state index is 0.0987. The number of ketones is 1. The molecule has 0 bridgehead atoms. The molecule has 43 heavy (non-hydrogen) atoms. The Morgan fingerprint density at radius 3 is 2.37 bits per heavy atom. The van der Waals surface area contributed by atoms with E-state index in [0.717, 1.165) is 42.7 Å². The van der Waals surface area contributed by atoms with Crippen molar-refractivity contribution in [2.24, 2.45) is 5.41 Å². The first-order chi connectivity index (χ1) is 20.6. The number of ether oxygens (including phenoxy) is 1. The van der Waals surface area contributed by atoms with E-state index in [0.29, 0.717) is 27.7 Å². The van der Waals surface area contributed by atoms with E-state index in [4.69, 9.17) is 9.72 Å². The standard InChI is InChI=1S/C23H26N2O2S.C11H22O.C3H8/c1-6-9-11-19(15(4)10-7-2)18(8-3)21-14-28-23(25-21)20-12-17(16(5)26)13-24-22(20)27;1-4-10(3)12-9-11(5-2)7-6-8-11;1-3-2/h6,8-9,11-14H,1,7,10H2,2-5H3,(H,24,27);10H,4-9H2,1-3H3;3H2,1-2H3/b11-9-,18-8+,19-15-;;. The lowest BCUT2D eigenvalue weighted by Gasteiger charge is -2.41. The fraction of sp³-hybridized carbons (Fsp3) is 0.541. The van der Waals surface area contributed by atoms with Crippen LogP contribution in [0.1, 0.15) is 130 Å². The monoisotopic (exact) mass is 608 g/mol. The van der Waals surface area contributed by atoms with E-state index in [2.05, 4.69) is 66.1 Å². The van der Waals surface area contributed by atoms with E-state index in [1.54, 1.807) is 12.1 Å². The van der Waals surface area contributed by atoms with E-state index in [1.807, 2.05) is 24.5 Å². The summed E-state index contributed by atoms with van der Waals surface area (Å²) in [5.41, 5.74) is 5.43. The molecule has 5 nitrogen and oxygen atoms in total. The highest BCUT2D eigenvalue weighted by Gasteiger charge is 2.35. The number of thiazole rings is 1. The maximum atomic E-state index is 12.3.